The summed E-state index contributed by atoms with van der Waals surface area (Å²) in [5, 5.41) is 0. The average molecular weight is 501 g/mol. The number of benzene rings is 1. The lowest BCUT2D eigenvalue weighted by molar-refractivity contribution is 0.302. The Morgan fingerprint density at radius 2 is 1.31 bits per heavy atom. The fourth-order valence-electron chi connectivity index (χ4n) is 7.14. The Balaban J connectivity index is 1.29. The number of hydrogen-bond acceptors (Lipinski definition) is 0. The van der Waals surface area contributed by atoms with Gasteiger partial charge in [0.1, 0.15) is 0 Å². The number of hydrogen-bond donors (Lipinski definition) is 0. The summed E-state index contributed by atoms with van der Waals surface area (Å²) < 4.78 is 44.8. The molecule has 1 aromatic carbocycles. The van der Waals surface area contributed by atoms with E-state index < -0.39 is 11.6 Å². The van der Waals surface area contributed by atoms with Gasteiger partial charge in [0.25, 0.3) is 0 Å². The van der Waals surface area contributed by atoms with Gasteiger partial charge < -0.3 is 0 Å². The highest BCUT2D eigenvalue weighted by atomic mass is 19.2. The van der Waals surface area contributed by atoms with Gasteiger partial charge in [0.2, 0.25) is 0 Å². The van der Waals surface area contributed by atoms with Gasteiger partial charge in [0.05, 0.1) is 5.83 Å². The van der Waals surface area contributed by atoms with Crippen LogP contribution in [0, 0.1) is 35.3 Å². The molecule has 2 atom stereocenters. The van der Waals surface area contributed by atoms with Gasteiger partial charge in [-0.25, -0.2) is 13.2 Å². The lowest BCUT2D eigenvalue weighted by atomic mass is 9.75. The summed E-state index contributed by atoms with van der Waals surface area (Å²) in [7, 11) is 0. The van der Waals surface area contributed by atoms with E-state index >= 15 is 8.78 Å². The molecular weight excluding hydrogens is 453 g/mol. The number of rotatable bonds is 9. The Morgan fingerprint density at radius 3 is 1.86 bits per heavy atom. The third kappa shape index (κ3) is 6.87. The standard InChI is InChI=1S/C33H47F3/c1-3-5-7-28-19-14-25(22-31(28)34)9-8-24-12-17-27(18-13-24)30-21-20-29(32(35)33(30)36)26-15-10-23(6-4-2)11-16-26/h8-9,20-28H,3-7,10-19H2,1-2H3/b9-8+. The summed E-state index contributed by atoms with van der Waals surface area (Å²) in [6.45, 7) is 4.38. The maximum atomic E-state index is 15.2. The van der Waals surface area contributed by atoms with Crippen LogP contribution in [0.25, 0.3) is 0 Å². The normalized spacial score (nSPS) is 31.5. The molecule has 3 aliphatic rings. The van der Waals surface area contributed by atoms with Crippen molar-refractivity contribution in [1.82, 2.24) is 0 Å². The van der Waals surface area contributed by atoms with Gasteiger partial charge in [0, 0.05) is 5.92 Å². The largest absolute Gasteiger partial charge is 0.212 e. The third-order valence-electron chi connectivity index (χ3n) is 9.49. The minimum absolute atomic E-state index is 0.0861. The minimum Gasteiger partial charge on any atom is -0.212 e. The van der Waals surface area contributed by atoms with Gasteiger partial charge in [-0.05, 0) is 117 Å². The van der Waals surface area contributed by atoms with Crippen molar-refractivity contribution in [1.29, 1.82) is 0 Å². The van der Waals surface area contributed by atoms with Crippen molar-refractivity contribution in [3.63, 3.8) is 0 Å². The van der Waals surface area contributed by atoms with Crippen molar-refractivity contribution in [2.45, 2.75) is 122 Å². The van der Waals surface area contributed by atoms with Crippen LogP contribution in [-0.4, -0.2) is 0 Å². The maximum Gasteiger partial charge on any atom is 0.162 e. The van der Waals surface area contributed by atoms with Crippen molar-refractivity contribution in [3.8, 4) is 0 Å². The number of halogens is 3. The van der Waals surface area contributed by atoms with Gasteiger partial charge in [-0.2, -0.15) is 0 Å². The first-order valence-corrected chi connectivity index (χ1v) is 15.0. The monoisotopic (exact) mass is 500 g/mol. The van der Waals surface area contributed by atoms with Crippen LogP contribution in [0.15, 0.2) is 36.2 Å². The summed E-state index contributed by atoms with van der Waals surface area (Å²) in [5.41, 5.74) is 1.18. The maximum absolute atomic E-state index is 15.2. The van der Waals surface area contributed by atoms with Crippen LogP contribution < -0.4 is 0 Å². The zero-order valence-corrected chi connectivity index (χ0v) is 22.6. The van der Waals surface area contributed by atoms with Gasteiger partial charge in [-0.3, -0.25) is 0 Å². The molecule has 3 aliphatic carbocycles. The second-order valence-corrected chi connectivity index (χ2v) is 12.0. The van der Waals surface area contributed by atoms with E-state index in [1.807, 2.05) is 18.2 Å². The van der Waals surface area contributed by atoms with Crippen molar-refractivity contribution in [2.24, 2.45) is 23.7 Å². The topological polar surface area (TPSA) is 0 Å². The van der Waals surface area contributed by atoms with Gasteiger partial charge in [0.15, 0.2) is 11.6 Å². The first kappa shape index (κ1) is 27.5. The molecule has 200 valence electrons. The van der Waals surface area contributed by atoms with Crippen LogP contribution >= 0.6 is 0 Å². The fraction of sp³-hybridized carbons (Fsp3) is 0.697. The van der Waals surface area contributed by atoms with Crippen LogP contribution in [0.3, 0.4) is 0 Å². The van der Waals surface area contributed by atoms with E-state index in [0.717, 1.165) is 89.4 Å². The van der Waals surface area contributed by atoms with Crippen LogP contribution in [0.4, 0.5) is 13.2 Å². The van der Waals surface area contributed by atoms with E-state index in [1.54, 1.807) is 0 Å². The number of unbranched alkanes of at least 4 members (excludes halogenated alkanes) is 1. The molecule has 0 bridgehead atoms. The molecule has 0 saturated heterocycles. The van der Waals surface area contributed by atoms with E-state index in [9.17, 15) is 4.39 Å². The highest BCUT2D eigenvalue weighted by molar-refractivity contribution is 5.32. The zero-order valence-electron chi connectivity index (χ0n) is 22.6. The van der Waals surface area contributed by atoms with Gasteiger partial charge in [-0.1, -0.05) is 63.8 Å². The van der Waals surface area contributed by atoms with Crippen molar-refractivity contribution < 1.29 is 13.2 Å². The molecule has 0 heterocycles. The van der Waals surface area contributed by atoms with E-state index in [2.05, 4.69) is 26.0 Å². The smallest absolute Gasteiger partial charge is 0.162 e. The lowest BCUT2D eigenvalue weighted by Crippen LogP contribution is -2.17. The predicted octanol–water partition coefficient (Wildman–Crippen LogP) is 10.9. The van der Waals surface area contributed by atoms with Crippen LogP contribution in [0.5, 0.6) is 0 Å². The second-order valence-electron chi connectivity index (χ2n) is 12.0. The molecule has 0 aromatic heterocycles. The molecule has 2 fully saturated rings. The minimum atomic E-state index is -0.595. The molecule has 3 heteroatoms. The molecular formula is C33H47F3. The summed E-state index contributed by atoms with van der Waals surface area (Å²) >= 11 is 0. The van der Waals surface area contributed by atoms with Crippen LogP contribution in [0.1, 0.15) is 133 Å². The summed E-state index contributed by atoms with van der Waals surface area (Å²) in [6, 6.07) is 3.78. The zero-order chi connectivity index (χ0) is 25.5. The molecule has 36 heavy (non-hydrogen) atoms. The van der Waals surface area contributed by atoms with Crippen LogP contribution in [-0.2, 0) is 0 Å². The molecule has 0 radical (unpaired) electrons. The Morgan fingerprint density at radius 1 is 0.694 bits per heavy atom. The second kappa shape index (κ2) is 13.3. The highest BCUT2D eigenvalue weighted by Crippen LogP contribution is 2.42. The molecule has 0 spiro atoms. The molecule has 0 amide bonds. The van der Waals surface area contributed by atoms with Crippen molar-refractivity contribution >= 4 is 0 Å². The fourth-order valence-corrected chi connectivity index (χ4v) is 7.14. The molecule has 1 aromatic rings. The Kier molecular flexibility index (Phi) is 10.2. The summed E-state index contributed by atoms with van der Waals surface area (Å²) in [4.78, 5) is 0. The summed E-state index contributed by atoms with van der Waals surface area (Å²) in [5.74, 6) is 0.731. The Labute approximate surface area is 217 Å². The van der Waals surface area contributed by atoms with E-state index in [1.165, 1.54) is 12.8 Å². The number of allylic oxidation sites excluding steroid dienone is 4. The average Bonchev–Trinajstić information content (AvgIpc) is 2.90. The molecule has 4 rings (SSSR count). The molecule has 0 aliphatic heterocycles. The van der Waals surface area contributed by atoms with Crippen molar-refractivity contribution in [3.05, 3.63) is 58.9 Å². The van der Waals surface area contributed by atoms with Crippen molar-refractivity contribution in [2.75, 3.05) is 0 Å². The van der Waals surface area contributed by atoms with Gasteiger partial charge in [-0.15, -0.1) is 0 Å². The first-order valence-electron chi connectivity index (χ1n) is 15.0. The van der Waals surface area contributed by atoms with Crippen LogP contribution in [0.2, 0.25) is 0 Å². The molecule has 0 N–H and O–H groups in total. The third-order valence-corrected chi connectivity index (χ3v) is 9.49. The molecule has 0 nitrogen and oxygen atoms in total. The molecule has 2 saturated carbocycles. The highest BCUT2D eigenvalue weighted by Gasteiger charge is 2.29. The first-order chi connectivity index (χ1) is 17.5. The van der Waals surface area contributed by atoms with Gasteiger partial charge >= 0.3 is 0 Å². The van der Waals surface area contributed by atoms with E-state index in [4.69, 9.17) is 0 Å². The Bertz CT molecular complexity index is 884. The lowest BCUT2D eigenvalue weighted by Gasteiger charge is -2.30. The SMILES string of the molecule is CCCCC1CCC(/C=C/C2CCC(c3ccc(C4CCC(CCC)CC4)c(F)c3F)CC2)C=C1F. The van der Waals surface area contributed by atoms with E-state index in [-0.39, 0.29) is 29.5 Å². The molecule has 2 unspecified atom stereocenters. The van der Waals surface area contributed by atoms with E-state index in [0.29, 0.717) is 17.0 Å². The Hall–Kier alpha value is -1.51. The predicted molar refractivity (Wildman–Crippen MR) is 145 cm³/mol. The summed E-state index contributed by atoms with van der Waals surface area (Å²) in [6.07, 6.45) is 22.0. The quantitative estimate of drug-likeness (QED) is 0.296.